The van der Waals surface area contributed by atoms with E-state index in [4.69, 9.17) is 4.98 Å². The SMILES string of the molecule is Cc1cccc(C(c2cccc3ccccc23)N2CCCCC2C(=O)O)n1. The van der Waals surface area contributed by atoms with Crippen molar-refractivity contribution >= 4 is 16.7 Å². The first-order valence-corrected chi connectivity index (χ1v) is 9.55. The lowest BCUT2D eigenvalue weighted by Gasteiger charge is -2.39. The maximum absolute atomic E-state index is 12.0. The molecule has 4 rings (SSSR count). The maximum Gasteiger partial charge on any atom is 0.320 e. The Morgan fingerprint density at radius 2 is 1.85 bits per heavy atom. The standard InChI is InChI=1S/C23H24N2O2/c1-16-8-6-13-20(24-16)22(25-15-5-4-14-21(25)23(26)27)19-12-7-10-17-9-2-3-11-18(17)19/h2-3,6-13,21-22H,4-5,14-15H2,1H3,(H,26,27). The Kier molecular flexibility index (Phi) is 4.90. The largest absolute Gasteiger partial charge is 0.480 e. The number of aromatic nitrogens is 1. The summed E-state index contributed by atoms with van der Waals surface area (Å²) in [4.78, 5) is 18.9. The normalized spacial score (nSPS) is 19.1. The lowest BCUT2D eigenvalue weighted by molar-refractivity contribution is -0.145. The molecule has 138 valence electrons. The van der Waals surface area contributed by atoms with Crippen LogP contribution in [0.3, 0.4) is 0 Å². The zero-order valence-electron chi connectivity index (χ0n) is 15.5. The Hall–Kier alpha value is -2.72. The Labute approximate surface area is 159 Å². The number of benzene rings is 2. The number of carboxylic acid groups (broad SMARTS) is 1. The van der Waals surface area contributed by atoms with Crippen LogP contribution in [-0.2, 0) is 4.79 Å². The minimum absolute atomic E-state index is 0.169. The van der Waals surface area contributed by atoms with Gasteiger partial charge in [0.1, 0.15) is 6.04 Å². The number of piperidine rings is 1. The number of hydrogen-bond donors (Lipinski definition) is 1. The molecule has 2 aromatic carbocycles. The topological polar surface area (TPSA) is 53.4 Å². The van der Waals surface area contributed by atoms with Gasteiger partial charge < -0.3 is 5.11 Å². The fourth-order valence-corrected chi connectivity index (χ4v) is 4.24. The average Bonchev–Trinajstić information content (AvgIpc) is 2.69. The molecule has 1 aliphatic rings. The lowest BCUT2D eigenvalue weighted by Crippen LogP contribution is -2.47. The van der Waals surface area contributed by atoms with Gasteiger partial charge >= 0.3 is 5.97 Å². The van der Waals surface area contributed by atoms with Crippen LogP contribution in [-0.4, -0.2) is 33.5 Å². The van der Waals surface area contributed by atoms with Crippen molar-refractivity contribution in [3.63, 3.8) is 0 Å². The van der Waals surface area contributed by atoms with Crippen molar-refractivity contribution in [2.75, 3.05) is 6.54 Å². The summed E-state index contributed by atoms with van der Waals surface area (Å²) in [5.74, 6) is -0.743. The molecule has 0 bridgehead atoms. The van der Waals surface area contributed by atoms with Crippen molar-refractivity contribution in [2.24, 2.45) is 0 Å². The van der Waals surface area contributed by atoms with E-state index in [0.717, 1.165) is 47.1 Å². The van der Waals surface area contributed by atoms with Gasteiger partial charge in [-0.05, 0) is 54.8 Å². The Morgan fingerprint density at radius 1 is 1.07 bits per heavy atom. The summed E-state index contributed by atoms with van der Waals surface area (Å²) in [6.07, 6.45) is 2.65. The van der Waals surface area contributed by atoms with E-state index in [9.17, 15) is 9.90 Å². The maximum atomic E-state index is 12.0. The first-order chi connectivity index (χ1) is 13.1. The number of likely N-dealkylation sites (tertiary alicyclic amines) is 1. The Morgan fingerprint density at radius 3 is 2.67 bits per heavy atom. The molecule has 0 amide bonds. The number of hydrogen-bond acceptors (Lipinski definition) is 3. The molecule has 3 aromatic rings. The molecule has 0 aliphatic carbocycles. The van der Waals surface area contributed by atoms with Crippen molar-refractivity contribution in [3.05, 3.63) is 77.6 Å². The van der Waals surface area contributed by atoms with E-state index in [1.54, 1.807) is 0 Å². The van der Waals surface area contributed by atoms with Gasteiger partial charge in [0.2, 0.25) is 0 Å². The fourth-order valence-electron chi connectivity index (χ4n) is 4.24. The lowest BCUT2D eigenvalue weighted by atomic mass is 9.91. The molecule has 0 saturated carbocycles. The van der Waals surface area contributed by atoms with Gasteiger partial charge in [0.15, 0.2) is 0 Å². The molecule has 0 spiro atoms. The third-order valence-corrected chi connectivity index (χ3v) is 5.47. The summed E-state index contributed by atoms with van der Waals surface area (Å²) in [6, 6.07) is 19.9. The molecule has 1 aromatic heterocycles. The van der Waals surface area contributed by atoms with Crippen LogP contribution in [0.15, 0.2) is 60.7 Å². The monoisotopic (exact) mass is 360 g/mol. The highest BCUT2D eigenvalue weighted by molar-refractivity contribution is 5.86. The zero-order chi connectivity index (χ0) is 18.8. The van der Waals surface area contributed by atoms with E-state index in [1.807, 2.05) is 37.3 Å². The summed E-state index contributed by atoms with van der Waals surface area (Å²) in [5.41, 5.74) is 2.99. The van der Waals surface area contributed by atoms with Gasteiger partial charge in [0.05, 0.1) is 11.7 Å². The summed E-state index contributed by atoms with van der Waals surface area (Å²) in [6.45, 7) is 2.75. The number of aryl methyl sites for hydroxylation is 1. The van der Waals surface area contributed by atoms with Crippen LogP contribution in [0, 0.1) is 6.92 Å². The van der Waals surface area contributed by atoms with Gasteiger partial charge in [-0.2, -0.15) is 0 Å². The number of pyridine rings is 1. The summed E-state index contributed by atoms with van der Waals surface area (Å²) >= 11 is 0. The van der Waals surface area contributed by atoms with Gasteiger partial charge in [-0.3, -0.25) is 14.7 Å². The van der Waals surface area contributed by atoms with Crippen LogP contribution in [0.1, 0.15) is 42.3 Å². The van der Waals surface area contributed by atoms with E-state index < -0.39 is 12.0 Å². The second-order valence-corrected chi connectivity index (χ2v) is 7.26. The van der Waals surface area contributed by atoms with Gasteiger partial charge in [-0.15, -0.1) is 0 Å². The minimum atomic E-state index is -0.743. The minimum Gasteiger partial charge on any atom is -0.480 e. The molecule has 1 N–H and O–H groups in total. The fraction of sp³-hybridized carbons (Fsp3) is 0.304. The number of fused-ring (bicyclic) bond motifs is 1. The highest BCUT2D eigenvalue weighted by atomic mass is 16.4. The second-order valence-electron chi connectivity index (χ2n) is 7.26. The zero-order valence-corrected chi connectivity index (χ0v) is 15.5. The molecule has 2 heterocycles. The number of rotatable bonds is 4. The highest BCUT2D eigenvalue weighted by Gasteiger charge is 2.36. The number of nitrogens with zero attached hydrogens (tertiary/aromatic N) is 2. The first-order valence-electron chi connectivity index (χ1n) is 9.55. The smallest absolute Gasteiger partial charge is 0.320 e. The predicted octanol–water partition coefficient (Wildman–Crippen LogP) is 4.57. The number of carboxylic acids is 1. The summed E-state index contributed by atoms with van der Waals surface area (Å²) in [7, 11) is 0. The first kappa shape index (κ1) is 17.7. The molecule has 27 heavy (non-hydrogen) atoms. The molecule has 4 heteroatoms. The van der Waals surface area contributed by atoms with E-state index in [-0.39, 0.29) is 6.04 Å². The van der Waals surface area contributed by atoms with Crippen LogP contribution in [0.5, 0.6) is 0 Å². The van der Waals surface area contributed by atoms with Crippen LogP contribution in [0.4, 0.5) is 0 Å². The molecule has 1 saturated heterocycles. The van der Waals surface area contributed by atoms with Crippen LogP contribution in [0.2, 0.25) is 0 Å². The predicted molar refractivity (Wildman–Crippen MR) is 107 cm³/mol. The van der Waals surface area contributed by atoms with Crippen LogP contribution >= 0.6 is 0 Å². The van der Waals surface area contributed by atoms with Crippen molar-refractivity contribution in [3.8, 4) is 0 Å². The molecule has 2 atom stereocenters. The summed E-state index contributed by atoms with van der Waals surface area (Å²) < 4.78 is 0. The van der Waals surface area contributed by atoms with Gasteiger partial charge in [-0.25, -0.2) is 0 Å². The van der Waals surface area contributed by atoms with Gasteiger partial charge in [0, 0.05) is 5.69 Å². The molecular weight excluding hydrogens is 336 g/mol. The highest BCUT2D eigenvalue weighted by Crippen LogP contribution is 2.36. The van der Waals surface area contributed by atoms with Crippen LogP contribution < -0.4 is 0 Å². The average molecular weight is 360 g/mol. The molecule has 1 fully saturated rings. The molecule has 0 radical (unpaired) electrons. The molecule has 1 aliphatic heterocycles. The summed E-state index contributed by atoms with van der Waals surface area (Å²) in [5, 5.41) is 12.2. The molecule has 2 unspecified atom stereocenters. The molecule has 4 nitrogen and oxygen atoms in total. The van der Waals surface area contributed by atoms with Crippen molar-refractivity contribution in [2.45, 2.75) is 38.3 Å². The third kappa shape index (κ3) is 3.45. The van der Waals surface area contributed by atoms with E-state index in [1.165, 1.54) is 0 Å². The van der Waals surface area contributed by atoms with Crippen molar-refractivity contribution < 1.29 is 9.90 Å². The Balaban J connectivity index is 1.92. The van der Waals surface area contributed by atoms with E-state index >= 15 is 0 Å². The van der Waals surface area contributed by atoms with Crippen molar-refractivity contribution in [1.82, 2.24) is 9.88 Å². The van der Waals surface area contributed by atoms with Crippen LogP contribution in [0.25, 0.3) is 10.8 Å². The van der Waals surface area contributed by atoms with Gasteiger partial charge in [-0.1, -0.05) is 55.0 Å². The number of aliphatic carboxylic acids is 1. The third-order valence-electron chi connectivity index (χ3n) is 5.47. The van der Waals surface area contributed by atoms with Gasteiger partial charge in [0.25, 0.3) is 0 Å². The second kappa shape index (κ2) is 7.49. The van der Waals surface area contributed by atoms with E-state index in [2.05, 4.69) is 35.2 Å². The molecular formula is C23H24N2O2. The Bertz CT molecular complexity index is 964. The number of carbonyl (C=O) groups is 1. The van der Waals surface area contributed by atoms with E-state index in [0.29, 0.717) is 6.42 Å². The van der Waals surface area contributed by atoms with Crippen molar-refractivity contribution in [1.29, 1.82) is 0 Å². The quantitative estimate of drug-likeness (QED) is 0.740.